The van der Waals surface area contributed by atoms with Gasteiger partial charge in [0.05, 0.1) is 18.7 Å². The summed E-state index contributed by atoms with van der Waals surface area (Å²) in [7, 11) is 1.49. The molecule has 0 aromatic carbocycles. The van der Waals surface area contributed by atoms with Crippen molar-refractivity contribution in [2.75, 3.05) is 46.5 Å². The van der Waals surface area contributed by atoms with E-state index in [0.717, 1.165) is 0 Å². The lowest BCUT2D eigenvalue weighted by Gasteiger charge is -2.39. The fraction of sp³-hybridized carbons (Fsp3) is 0.833. The molecular weight excluding hydrogens is 264 g/mol. The molecule has 0 aromatic rings. The van der Waals surface area contributed by atoms with Gasteiger partial charge in [-0.1, -0.05) is 0 Å². The Labute approximate surface area is 117 Å². The third-order valence-corrected chi connectivity index (χ3v) is 4.15. The summed E-state index contributed by atoms with van der Waals surface area (Å²) in [6.07, 6.45) is 0.343. The van der Waals surface area contributed by atoms with Gasteiger partial charge >= 0.3 is 0 Å². The lowest BCUT2D eigenvalue weighted by atomic mass is 9.82. The summed E-state index contributed by atoms with van der Waals surface area (Å²) in [4.78, 5) is 25.4. The second kappa shape index (κ2) is 5.65. The number of hydrogen-bond acceptors (Lipinski definition) is 6. The van der Waals surface area contributed by atoms with Crippen molar-refractivity contribution in [2.45, 2.75) is 12.0 Å². The van der Waals surface area contributed by atoms with E-state index < -0.39 is 16.9 Å². The molecule has 2 fully saturated rings. The van der Waals surface area contributed by atoms with E-state index in [-0.39, 0.29) is 25.7 Å². The first-order valence-electron chi connectivity index (χ1n) is 6.73. The van der Waals surface area contributed by atoms with E-state index in [1.54, 1.807) is 0 Å². The smallest absolute Gasteiger partial charge is 0.253 e. The number of nitrogens with one attached hydrogen (secondary N) is 3. The van der Waals surface area contributed by atoms with E-state index in [9.17, 15) is 19.8 Å². The number of likely N-dealkylation sites (N-methyl/N-ethyl adjacent to an activating group) is 1. The van der Waals surface area contributed by atoms with Gasteiger partial charge in [-0.05, 0) is 6.42 Å². The summed E-state index contributed by atoms with van der Waals surface area (Å²) in [5.74, 6) is -0.601. The van der Waals surface area contributed by atoms with Crippen molar-refractivity contribution < 1.29 is 19.8 Å². The van der Waals surface area contributed by atoms with Gasteiger partial charge in [-0.2, -0.15) is 0 Å². The van der Waals surface area contributed by atoms with Crippen LogP contribution in [0, 0.1) is 5.41 Å². The molecule has 0 aromatic heterocycles. The molecule has 0 radical (unpaired) electrons. The Hall–Kier alpha value is -1.22. The Balaban J connectivity index is 1.81. The quantitative estimate of drug-likeness (QED) is 0.364. The summed E-state index contributed by atoms with van der Waals surface area (Å²) in [5.41, 5.74) is -2.11. The molecule has 2 rings (SSSR count). The standard InChI is InChI=1S/C12H22N4O4/c1-13-10(19)12(20)2-3-16(6-12)8-15-9(18)11(7-17)4-14-5-11/h14,17,20H,2-8H2,1H3,(H,13,19)(H,15,18). The van der Waals surface area contributed by atoms with E-state index in [1.807, 2.05) is 4.90 Å². The summed E-state index contributed by atoms with van der Waals surface area (Å²) >= 11 is 0. The van der Waals surface area contributed by atoms with E-state index in [1.165, 1.54) is 7.05 Å². The van der Waals surface area contributed by atoms with Crippen molar-refractivity contribution in [3.63, 3.8) is 0 Å². The fourth-order valence-corrected chi connectivity index (χ4v) is 2.57. The molecule has 8 heteroatoms. The van der Waals surface area contributed by atoms with Gasteiger partial charge in [0.2, 0.25) is 5.91 Å². The molecule has 0 saturated carbocycles. The predicted octanol–water partition coefficient (Wildman–Crippen LogP) is -3.18. The molecule has 2 saturated heterocycles. The molecule has 1 atom stereocenters. The SMILES string of the molecule is CNC(=O)C1(O)CCN(CNC(=O)C2(CO)CNC2)C1. The highest BCUT2D eigenvalue weighted by atomic mass is 16.3. The van der Waals surface area contributed by atoms with E-state index in [0.29, 0.717) is 26.1 Å². The first-order valence-corrected chi connectivity index (χ1v) is 6.73. The van der Waals surface area contributed by atoms with Crippen molar-refractivity contribution in [1.29, 1.82) is 0 Å². The fourth-order valence-electron chi connectivity index (χ4n) is 2.57. The van der Waals surface area contributed by atoms with Crippen LogP contribution < -0.4 is 16.0 Å². The minimum Gasteiger partial charge on any atom is -0.395 e. The van der Waals surface area contributed by atoms with Crippen molar-refractivity contribution >= 4 is 11.8 Å². The molecule has 2 aliphatic heterocycles. The molecule has 0 spiro atoms. The third-order valence-electron chi connectivity index (χ3n) is 4.15. The Morgan fingerprint density at radius 1 is 1.35 bits per heavy atom. The predicted molar refractivity (Wildman–Crippen MR) is 70.6 cm³/mol. The first kappa shape index (κ1) is 15.2. The van der Waals surface area contributed by atoms with Gasteiger partial charge in [-0.15, -0.1) is 0 Å². The van der Waals surface area contributed by atoms with Crippen LogP contribution in [-0.2, 0) is 9.59 Å². The van der Waals surface area contributed by atoms with Gasteiger partial charge in [0.1, 0.15) is 0 Å². The third kappa shape index (κ3) is 2.64. The Morgan fingerprint density at radius 2 is 2.05 bits per heavy atom. The van der Waals surface area contributed by atoms with Crippen LogP contribution in [0.25, 0.3) is 0 Å². The van der Waals surface area contributed by atoms with Crippen LogP contribution in [-0.4, -0.2) is 79.0 Å². The number of β-amino-alcohol motifs (C(OH)–C–C–N with tert-alkyl or cyclic N) is 1. The summed E-state index contributed by atoms with van der Waals surface area (Å²) in [6, 6.07) is 0. The molecule has 1 unspecified atom stereocenters. The molecule has 0 aliphatic carbocycles. The lowest BCUT2D eigenvalue weighted by Crippen LogP contribution is -2.64. The number of nitrogens with zero attached hydrogens (tertiary/aromatic N) is 1. The number of carbonyl (C=O) groups excluding carboxylic acids is 2. The Kier molecular flexibility index (Phi) is 4.28. The van der Waals surface area contributed by atoms with Gasteiger partial charge in [-0.25, -0.2) is 0 Å². The number of hydrogen-bond donors (Lipinski definition) is 5. The number of aliphatic hydroxyl groups excluding tert-OH is 1. The second-order valence-corrected chi connectivity index (χ2v) is 5.62. The highest BCUT2D eigenvalue weighted by Crippen LogP contribution is 2.23. The molecular formula is C12H22N4O4. The topological polar surface area (TPSA) is 114 Å². The lowest BCUT2D eigenvalue weighted by molar-refractivity contribution is -0.138. The van der Waals surface area contributed by atoms with Crippen LogP contribution in [0.15, 0.2) is 0 Å². The monoisotopic (exact) mass is 286 g/mol. The first-order chi connectivity index (χ1) is 9.46. The Bertz CT molecular complexity index is 393. The molecule has 114 valence electrons. The average molecular weight is 286 g/mol. The van der Waals surface area contributed by atoms with Gasteiger partial charge in [0.25, 0.3) is 5.91 Å². The highest BCUT2D eigenvalue weighted by Gasteiger charge is 2.45. The van der Waals surface area contributed by atoms with Gasteiger partial charge in [0.15, 0.2) is 5.60 Å². The van der Waals surface area contributed by atoms with Crippen LogP contribution in [0.3, 0.4) is 0 Å². The highest BCUT2D eigenvalue weighted by molar-refractivity contribution is 5.85. The normalized spacial score (nSPS) is 28.8. The number of carbonyl (C=O) groups is 2. The number of amides is 2. The molecule has 20 heavy (non-hydrogen) atoms. The number of aliphatic hydroxyl groups is 2. The van der Waals surface area contributed by atoms with Crippen molar-refractivity contribution in [3.05, 3.63) is 0 Å². The van der Waals surface area contributed by atoms with Gasteiger partial charge < -0.3 is 26.2 Å². The Morgan fingerprint density at radius 3 is 2.55 bits per heavy atom. The molecule has 2 amide bonds. The second-order valence-electron chi connectivity index (χ2n) is 5.62. The molecule has 2 aliphatic rings. The van der Waals surface area contributed by atoms with E-state index in [2.05, 4.69) is 16.0 Å². The van der Waals surface area contributed by atoms with Crippen LogP contribution in [0.2, 0.25) is 0 Å². The van der Waals surface area contributed by atoms with Crippen molar-refractivity contribution in [2.24, 2.45) is 5.41 Å². The van der Waals surface area contributed by atoms with Gasteiger partial charge in [0, 0.05) is 33.2 Å². The molecule has 2 heterocycles. The zero-order valence-corrected chi connectivity index (χ0v) is 11.6. The summed E-state index contributed by atoms with van der Waals surface area (Å²) in [6.45, 7) is 1.74. The average Bonchev–Trinajstić information content (AvgIpc) is 2.78. The zero-order chi connectivity index (χ0) is 14.8. The zero-order valence-electron chi connectivity index (χ0n) is 11.6. The number of likely N-dealkylation sites (tertiary alicyclic amines) is 1. The maximum Gasteiger partial charge on any atom is 0.253 e. The molecule has 0 bridgehead atoms. The molecule has 8 nitrogen and oxygen atoms in total. The summed E-state index contributed by atoms with van der Waals surface area (Å²) in [5, 5.41) is 27.6. The minimum absolute atomic E-state index is 0.186. The van der Waals surface area contributed by atoms with Gasteiger partial charge in [-0.3, -0.25) is 14.5 Å². The van der Waals surface area contributed by atoms with E-state index in [4.69, 9.17) is 0 Å². The summed E-state index contributed by atoms with van der Waals surface area (Å²) < 4.78 is 0. The minimum atomic E-state index is -1.38. The van der Waals surface area contributed by atoms with Crippen LogP contribution >= 0.6 is 0 Å². The van der Waals surface area contributed by atoms with E-state index >= 15 is 0 Å². The number of rotatable bonds is 5. The van der Waals surface area contributed by atoms with Crippen LogP contribution in [0.1, 0.15) is 6.42 Å². The van der Waals surface area contributed by atoms with Crippen molar-refractivity contribution in [3.8, 4) is 0 Å². The maximum absolute atomic E-state index is 12.0. The maximum atomic E-state index is 12.0. The van der Waals surface area contributed by atoms with Crippen LogP contribution in [0.4, 0.5) is 0 Å². The van der Waals surface area contributed by atoms with Crippen LogP contribution in [0.5, 0.6) is 0 Å². The molecule has 5 N–H and O–H groups in total. The van der Waals surface area contributed by atoms with Crippen molar-refractivity contribution in [1.82, 2.24) is 20.9 Å². The largest absolute Gasteiger partial charge is 0.395 e.